The number of anilines is 2. The zero-order chi connectivity index (χ0) is 19.1. The van der Waals surface area contributed by atoms with Crippen LogP contribution in [0.3, 0.4) is 0 Å². The molecule has 0 radical (unpaired) electrons. The van der Waals surface area contributed by atoms with E-state index < -0.39 is 0 Å². The van der Waals surface area contributed by atoms with Crippen LogP contribution in [0.4, 0.5) is 20.8 Å². The average molecular weight is 395 g/mol. The quantitative estimate of drug-likeness (QED) is 0.648. The van der Waals surface area contributed by atoms with Crippen LogP contribution < -0.4 is 5.32 Å². The van der Waals surface area contributed by atoms with E-state index in [1.54, 1.807) is 17.4 Å². The van der Waals surface area contributed by atoms with Crippen LogP contribution in [-0.4, -0.2) is 48.4 Å². The number of amidine groups is 1. The van der Waals surface area contributed by atoms with Gasteiger partial charge in [-0.05, 0) is 37.2 Å². The van der Waals surface area contributed by atoms with E-state index in [1.807, 2.05) is 0 Å². The Morgan fingerprint density at radius 2 is 1.93 bits per heavy atom. The van der Waals surface area contributed by atoms with Crippen LogP contribution in [-0.2, 0) is 0 Å². The molecule has 2 aliphatic heterocycles. The van der Waals surface area contributed by atoms with Crippen LogP contribution in [0.5, 0.6) is 0 Å². The second-order valence-corrected chi connectivity index (χ2v) is 8.41. The summed E-state index contributed by atoms with van der Waals surface area (Å²) in [5.41, 5.74) is 2.66. The first-order valence-electron chi connectivity index (χ1n) is 9.87. The van der Waals surface area contributed by atoms with Gasteiger partial charge in [-0.15, -0.1) is 11.3 Å². The molecule has 2 aromatic carbocycles. The molecule has 28 heavy (non-hydrogen) atoms. The maximum absolute atomic E-state index is 13.9. The minimum absolute atomic E-state index is 0.249. The van der Waals surface area contributed by atoms with E-state index in [9.17, 15) is 4.39 Å². The molecule has 0 spiro atoms. The Bertz CT molecular complexity index is 1050. The molecular formula is C22H23FN4S. The van der Waals surface area contributed by atoms with Gasteiger partial charge in [-0.25, -0.2) is 9.38 Å². The Balaban J connectivity index is 1.62. The number of rotatable bonds is 2. The molecule has 0 aliphatic carbocycles. The maximum atomic E-state index is 13.9. The second kappa shape index (κ2) is 7.18. The largest absolute Gasteiger partial charge is 0.353 e. The highest BCUT2D eigenvalue weighted by atomic mass is 32.1. The first-order chi connectivity index (χ1) is 13.7. The van der Waals surface area contributed by atoms with Crippen LogP contribution in [0.15, 0.2) is 47.5 Å². The third-order valence-electron chi connectivity index (χ3n) is 5.46. The van der Waals surface area contributed by atoms with E-state index in [0.717, 1.165) is 60.5 Å². The van der Waals surface area contributed by atoms with Crippen LogP contribution in [0, 0.1) is 5.82 Å². The van der Waals surface area contributed by atoms with Crippen molar-refractivity contribution in [2.24, 2.45) is 4.99 Å². The molecule has 1 fully saturated rings. The van der Waals surface area contributed by atoms with Crippen molar-refractivity contribution >= 4 is 43.6 Å². The van der Waals surface area contributed by atoms with Crippen molar-refractivity contribution in [1.29, 1.82) is 0 Å². The summed E-state index contributed by atoms with van der Waals surface area (Å²) in [7, 11) is 0. The molecule has 1 N–H and O–H groups in total. The number of aliphatic imine (C=N–C) groups is 1. The molecule has 3 aromatic rings. The fraction of sp³-hybridized carbons (Fsp3) is 0.318. The standard InChI is InChI=1S/C22H23FN4S/c1-2-9-26-10-12-27(13-11-26)21-20-16-5-3-4-6-19(16)28-22(20)25-18-14-15(23)7-8-17(18)24-21/h3-8,14,25H,2,9-13H2,1H3. The van der Waals surface area contributed by atoms with Crippen LogP contribution in [0.2, 0.25) is 0 Å². The molecule has 3 heterocycles. The summed E-state index contributed by atoms with van der Waals surface area (Å²) in [6.07, 6.45) is 1.18. The lowest BCUT2D eigenvalue weighted by Gasteiger charge is -2.36. The number of hydrogen-bond donors (Lipinski definition) is 1. The van der Waals surface area contributed by atoms with Crippen LogP contribution in [0.25, 0.3) is 10.1 Å². The Labute approximate surface area is 168 Å². The fourth-order valence-corrected chi connectivity index (χ4v) is 5.19. The SMILES string of the molecule is CCCN1CCN(C2=Nc3ccc(F)cc3Nc3sc4ccccc4c32)CC1. The van der Waals surface area contributed by atoms with E-state index in [0.29, 0.717) is 0 Å². The normalized spacial score (nSPS) is 16.9. The van der Waals surface area contributed by atoms with Gasteiger partial charge in [0.25, 0.3) is 0 Å². The lowest BCUT2D eigenvalue weighted by molar-refractivity contribution is 0.183. The third kappa shape index (κ3) is 3.06. The van der Waals surface area contributed by atoms with Gasteiger partial charge in [0.05, 0.1) is 16.9 Å². The first kappa shape index (κ1) is 17.6. The number of halogens is 1. The van der Waals surface area contributed by atoms with Crippen molar-refractivity contribution < 1.29 is 4.39 Å². The molecule has 0 saturated carbocycles. The molecule has 5 rings (SSSR count). The highest BCUT2D eigenvalue weighted by molar-refractivity contribution is 7.23. The molecule has 6 heteroatoms. The Hall–Kier alpha value is -2.44. The number of hydrogen-bond acceptors (Lipinski definition) is 5. The third-order valence-corrected chi connectivity index (χ3v) is 6.55. The molecule has 2 aliphatic rings. The lowest BCUT2D eigenvalue weighted by Crippen LogP contribution is -2.49. The molecule has 4 nitrogen and oxygen atoms in total. The number of fused-ring (bicyclic) bond motifs is 4. The minimum atomic E-state index is -0.249. The predicted molar refractivity (Wildman–Crippen MR) is 116 cm³/mol. The van der Waals surface area contributed by atoms with Gasteiger partial charge < -0.3 is 10.2 Å². The zero-order valence-electron chi connectivity index (χ0n) is 15.9. The van der Waals surface area contributed by atoms with Gasteiger partial charge in [0.2, 0.25) is 0 Å². The van der Waals surface area contributed by atoms with Gasteiger partial charge in [-0.1, -0.05) is 25.1 Å². The minimum Gasteiger partial charge on any atom is -0.353 e. The van der Waals surface area contributed by atoms with Crippen molar-refractivity contribution in [3.63, 3.8) is 0 Å². The van der Waals surface area contributed by atoms with Gasteiger partial charge in [0, 0.05) is 36.3 Å². The summed E-state index contributed by atoms with van der Waals surface area (Å²) < 4.78 is 15.1. The monoisotopic (exact) mass is 394 g/mol. The summed E-state index contributed by atoms with van der Waals surface area (Å²) in [6.45, 7) is 7.39. The highest BCUT2D eigenvalue weighted by Crippen LogP contribution is 2.43. The van der Waals surface area contributed by atoms with Crippen molar-refractivity contribution in [1.82, 2.24) is 9.80 Å². The summed E-state index contributed by atoms with van der Waals surface area (Å²) in [4.78, 5) is 9.95. The second-order valence-electron chi connectivity index (χ2n) is 7.35. The number of thiophene rings is 1. The topological polar surface area (TPSA) is 30.9 Å². The van der Waals surface area contributed by atoms with Crippen molar-refractivity contribution in [3.8, 4) is 0 Å². The molecule has 1 aromatic heterocycles. The molecule has 1 saturated heterocycles. The van der Waals surface area contributed by atoms with Crippen LogP contribution >= 0.6 is 11.3 Å². The molecular weight excluding hydrogens is 371 g/mol. The molecule has 0 unspecified atom stereocenters. The number of piperazine rings is 1. The summed E-state index contributed by atoms with van der Waals surface area (Å²) in [6, 6.07) is 13.2. The Kier molecular flexibility index (Phi) is 4.53. The van der Waals surface area contributed by atoms with Crippen LogP contribution in [0.1, 0.15) is 18.9 Å². The Morgan fingerprint density at radius 1 is 1.11 bits per heavy atom. The summed E-state index contributed by atoms with van der Waals surface area (Å²) >= 11 is 1.71. The van der Waals surface area contributed by atoms with Crippen molar-refractivity contribution in [3.05, 3.63) is 53.8 Å². The Morgan fingerprint density at radius 3 is 2.75 bits per heavy atom. The smallest absolute Gasteiger partial charge is 0.140 e. The van der Waals surface area contributed by atoms with Gasteiger partial charge in [0.1, 0.15) is 16.7 Å². The van der Waals surface area contributed by atoms with E-state index in [4.69, 9.17) is 4.99 Å². The van der Waals surface area contributed by atoms with Gasteiger partial charge in [-0.3, -0.25) is 4.90 Å². The fourth-order valence-electron chi connectivity index (χ4n) is 4.08. The van der Waals surface area contributed by atoms with E-state index in [2.05, 4.69) is 46.3 Å². The average Bonchev–Trinajstić information content (AvgIpc) is 2.98. The van der Waals surface area contributed by atoms with Gasteiger partial charge in [-0.2, -0.15) is 0 Å². The maximum Gasteiger partial charge on any atom is 0.140 e. The summed E-state index contributed by atoms with van der Waals surface area (Å²) in [5, 5.41) is 5.71. The number of nitrogens with one attached hydrogen (secondary N) is 1. The zero-order valence-corrected chi connectivity index (χ0v) is 16.7. The van der Waals surface area contributed by atoms with Crippen molar-refractivity contribution in [2.45, 2.75) is 13.3 Å². The van der Waals surface area contributed by atoms with E-state index in [1.165, 1.54) is 28.6 Å². The van der Waals surface area contributed by atoms with Gasteiger partial charge >= 0.3 is 0 Å². The molecule has 0 amide bonds. The van der Waals surface area contributed by atoms with Crippen molar-refractivity contribution in [2.75, 3.05) is 38.0 Å². The highest BCUT2D eigenvalue weighted by Gasteiger charge is 2.28. The van der Waals surface area contributed by atoms with E-state index in [-0.39, 0.29) is 5.82 Å². The lowest BCUT2D eigenvalue weighted by atomic mass is 10.1. The number of benzene rings is 2. The molecule has 144 valence electrons. The molecule has 0 bridgehead atoms. The van der Waals surface area contributed by atoms with E-state index >= 15 is 0 Å². The molecule has 0 atom stereocenters. The number of nitrogens with zero attached hydrogens (tertiary/aromatic N) is 3. The van der Waals surface area contributed by atoms with Gasteiger partial charge in [0.15, 0.2) is 0 Å². The first-order valence-corrected chi connectivity index (χ1v) is 10.7. The summed E-state index contributed by atoms with van der Waals surface area (Å²) in [5.74, 6) is 0.752. The predicted octanol–water partition coefficient (Wildman–Crippen LogP) is 5.20.